The van der Waals surface area contributed by atoms with Gasteiger partial charge < -0.3 is 10.3 Å². The summed E-state index contributed by atoms with van der Waals surface area (Å²) >= 11 is 1.29. The van der Waals surface area contributed by atoms with Crippen molar-refractivity contribution in [3.63, 3.8) is 0 Å². The van der Waals surface area contributed by atoms with Crippen LogP contribution < -0.4 is 11.0 Å². The largest absolute Gasteiger partial charge is 0.352 e. The van der Waals surface area contributed by atoms with E-state index in [4.69, 9.17) is 0 Å². The summed E-state index contributed by atoms with van der Waals surface area (Å²) in [7, 11) is 0. The van der Waals surface area contributed by atoms with Gasteiger partial charge in [-0.2, -0.15) is 4.98 Å². The summed E-state index contributed by atoms with van der Waals surface area (Å²) in [6, 6.07) is 0. The zero-order chi connectivity index (χ0) is 13.0. The highest BCUT2D eigenvalue weighted by molar-refractivity contribution is 7.98. The van der Waals surface area contributed by atoms with Crippen LogP contribution in [0.5, 0.6) is 0 Å². The molecule has 0 atom stereocenters. The minimum Gasteiger partial charge on any atom is -0.352 e. The summed E-state index contributed by atoms with van der Waals surface area (Å²) in [5.74, 6) is 0.192. The van der Waals surface area contributed by atoms with E-state index in [1.165, 1.54) is 11.8 Å². The van der Waals surface area contributed by atoms with Gasteiger partial charge in [0.15, 0.2) is 0 Å². The van der Waals surface area contributed by atoms with E-state index in [0.29, 0.717) is 28.7 Å². The van der Waals surface area contributed by atoms with Crippen LogP contribution in [0.4, 0.5) is 0 Å². The lowest BCUT2D eigenvalue weighted by Gasteiger charge is -2.11. The molecular formula is C11H17N3O2S. The van der Waals surface area contributed by atoms with Gasteiger partial charge in [-0.05, 0) is 19.1 Å². The molecule has 0 saturated heterocycles. The number of aromatic amines is 1. The van der Waals surface area contributed by atoms with Crippen molar-refractivity contribution in [2.45, 2.75) is 25.8 Å². The van der Waals surface area contributed by atoms with Gasteiger partial charge in [0.1, 0.15) is 5.03 Å². The van der Waals surface area contributed by atoms with Gasteiger partial charge in [-0.15, -0.1) is 11.8 Å². The van der Waals surface area contributed by atoms with Crippen molar-refractivity contribution in [2.24, 2.45) is 5.92 Å². The van der Waals surface area contributed by atoms with Crippen LogP contribution in [-0.2, 0) is 0 Å². The maximum atomic E-state index is 12.0. The number of amides is 1. The quantitative estimate of drug-likeness (QED) is 0.626. The number of carbonyl (C=O) groups excluding carboxylic acids is 1. The number of hydrogen-bond donors (Lipinski definition) is 2. The van der Waals surface area contributed by atoms with Crippen LogP contribution in [-0.4, -0.2) is 28.7 Å². The molecule has 6 heteroatoms. The highest BCUT2D eigenvalue weighted by Gasteiger charge is 2.16. The van der Waals surface area contributed by atoms with E-state index in [1.54, 1.807) is 13.2 Å². The van der Waals surface area contributed by atoms with Crippen molar-refractivity contribution in [2.75, 3.05) is 12.8 Å². The second-order valence-corrected chi connectivity index (χ2v) is 4.95. The number of rotatable bonds is 4. The molecule has 0 aliphatic heterocycles. The lowest BCUT2D eigenvalue weighted by Crippen LogP contribution is -2.30. The molecule has 5 nitrogen and oxygen atoms in total. The van der Waals surface area contributed by atoms with Gasteiger partial charge >= 0.3 is 5.69 Å². The minimum absolute atomic E-state index is 0.190. The zero-order valence-corrected chi connectivity index (χ0v) is 11.3. The van der Waals surface area contributed by atoms with Gasteiger partial charge in [-0.1, -0.05) is 13.8 Å². The van der Waals surface area contributed by atoms with Crippen molar-refractivity contribution in [1.29, 1.82) is 0 Å². The average Bonchev–Trinajstić information content (AvgIpc) is 2.24. The lowest BCUT2D eigenvalue weighted by atomic mass is 10.2. The Labute approximate surface area is 104 Å². The summed E-state index contributed by atoms with van der Waals surface area (Å²) in [5.41, 5.74) is 0.584. The average molecular weight is 255 g/mol. The molecule has 0 aromatic carbocycles. The Kier molecular flexibility index (Phi) is 4.74. The van der Waals surface area contributed by atoms with Gasteiger partial charge in [-0.3, -0.25) is 4.79 Å². The predicted octanol–water partition coefficient (Wildman–Crippen LogP) is 1.19. The SMILES string of the molecule is CSc1nc(=O)[nH]c(C)c1C(=O)NCC(C)C. The molecule has 1 heterocycles. The van der Waals surface area contributed by atoms with E-state index in [0.717, 1.165) is 0 Å². The molecule has 2 N–H and O–H groups in total. The molecule has 0 bridgehead atoms. The van der Waals surface area contributed by atoms with E-state index in [1.807, 2.05) is 13.8 Å². The van der Waals surface area contributed by atoms with Gasteiger partial charge in [0, 0.05) is 12.2 Å². The Morgan fingerprint density at radius 2 is 2.18 bits per heavy atom. The normalized spacial score (nSPS) is 10.6. The second-order valence-electron chi connectivity index (χ2n) is 4.16. The monoisotopic (exact) mass is 255 g/mol. The zero-order valence-electron chi connectivity index (χ0n) is 10.5. The van der Waals surface area contributed by atoms with Crippen molar-refractivity contribution in [3.8, 4) is 0 Å². The van der Waals surface area contributed by atoms with Gasteiger partial charge in [-0.25, -0.2) is 4.79 Å². The first-order valence-electron chi connectivity index (χ1n) is 5.38. The molecule has 0 spiro atoms. The summed E-state index contributed by atoms with van der Waals surface area (Å²) in [4.78, 5) is 29.5. The van der Waals surface area contributed by atoms with Gasteiger partial charge in [0.25, 0.3) is 5.91 Å². The lowest BCUT2D eigenvalue weighted by molar-refractivity contribution is 0.0944. The fraction of sp³-hybridized carbons (Fsp3) is 0.545. The molecule has 0 unspecified atom stereocenters. The van der Waals surface area contributed by atoms with Gasteiger partial charge in [0.05, 0.1) is 5.56 Å². The maximum Gasteiger partial charge on any atom is 0.346 e. The topological polar surface area (TPSA) is 74.8 Å². The van der Waals surface area contributed by atoms with Crippen LogP contribution in [0, 0.1) is 12.8 Å². The molecular weight excluding hydrogens is 238 g/mol. The molecule has 0 aliphatic rings. The number of carbonyl (C=O) groups is 1. The van der Waals surface area contributed by atoms with Crippen LogP contribution in [0.15, 0.2) is 9.82 Å². The van der Waals surface area contributed by atoms with E-state index in [-0.39, 0.29) is 5.91 Å². The molecule has 0 aliphatic carbocycles. The third-order valence-corrected chi connectivity index (χ3v) is 2.86. The molecule has 0 radical (unpaired) electrons. The van der Waals surface area contributed by atoms with Crippen LogP contribution in [0.25, 0.3) is 0 Å². The summed E-state index contributed by atoms with van der Waals surface area (Å²) < 4.78 is 0. The number of thioether (sulfide) groups is 1. The van der Waals surface area contributed by atoms with E-state index >= 15 is 0 Å². The van der Waals surface area contributed by atoms with Crippen LogP contribution in [0.2, 0.25) is 0 Å². The Morgan fingerprint density at radius 3 is 2.71 bits per heavy atom. The third-order valence-electron chi connectivity index (χ3n) is 2.18. The first-order valence-corrected chi connectivity index (χ1v) is 6.61. The number of H-pyrrole nitrogens is 1. The molecule has 0 saturated carbocycles. The second kappa shape index (κ2) is 5.86. The summed E-state index contributed by atoms with van der Waals surface area (Å²) in [6.45, 7) is 6.35. The number of nitrogens with zero attached hydrogens (tertiary/aromatic N) is 1. The van der Waals surface area contributed by atoms with Crippen molar-refractivity contribution < 1.29 is 4.79 Å². The minimum atomic E-state index is -0.424. The Balaban J connectivity index is 3.04. The first kappa shape index (κ1) is 13.8. The Morgan fingerprint density at radius 1 is 1.53 bits per heavy atom. The van der Waals surface area contributed by atoms with Crippen LogP contribution in [0.1, 0.15) is 29.9 Å². The fourth-order valence-electron chi connectivity index (χ4n) is 1.36. The molecule has 1 amide bonds. The van der Waals surface area contributed by atoms with E-state index in [2.05, 4.69) is 15.3 Å². The fourth-order valence-corrected chi connectivity index (χ4v) is 1.98. The molecule has 1 rings (SSSR count). The summed E-state index contributed by atoms with van der Waals surface area (Å²) in [6.07, 6.45) is 1.79. The van der Waals surface area contributed by atoms with E-state index in [9.17, 15) is 9.59 Å². The van der Waals surface area contributed by atoms with Gasteiger partial charge in [0.2, 0.25) is 0 Å². The first-order chi connectivity index (χ1) is 7.95. The van der Waals surface area contributed by atoms with Crippen molar-refractivity contribution in [1.82, 2.24) is 15.3 Å². The highest BCUT2D eigenvalue weighted by Crippen LogP contribution is 2.17. The molecule has 94 valence electrons. The van der Waals surface area contributed by atoms with Crippen molar-refractivity contribution >= 4 is 17.7 Å². The summed E-state index contributed by atoms with van der Waals surface area (Å²) in [5, 5.41) is 3.28. The van der Waals surface area contributed by atoms with Crippen LogP contribution in [0.3, 0.4) is 0 Å². The predicted molar refractivity (Wildman–Crippen MR) is 68.5 cm³/mol. The standard InChI is InChI=1S/C11H17N3O2S/c1-6(2)5-12-9(15)8-7(3)13-11(16)14-10(8)17-4/h6H,5H2,1-4H3,(H,12,15)(H,13,14,16). The maximum absolute atomic E-state index is 12.0. The molecule has 1 aromatic rings. The number of aryl methyl sites for hydroxylation is 1. The number of nitrogens with one attached hydrogen (secondary N) is 2. The third kappa shape index (κ3) is 3.59. The Hall–Kier alpha value is -1.30. The Bertz CT molecular complexity index is 468. The molecule has 1 aromatic heterocycles. The number of hydrogen-bond acceptors (Lipinski definition) is 4. The number of aromatic nitrogens is 2. The van der Waals surface area contributed by atoms with E-state index < -0.39 is 5.69 Å². The van der Waals surface area contributed by atoms with Crippen molar-refractivity contribution in [3.05, 3.63) is 21.7 Å². The van der Waals surface area contributed by atoms with Crippen LogP contribution >= 0.6 is 11.8 Å². The highest BCUT2D eigenvalue weighted by atomic mass is 32.2. The molecule has 17 heavy (non-hydrogen) atoms. The smallest absolute Gasteiger partial charge is 0.346 e. The molecule has 0 fully saturated rings.